The van der Waals surface area contributed by atoms with Gasteiger partial charge in [-0.05, 0) is 36.7 Å². The fraction of sp³-hybridized carbons (Fsp3) is 0.207. The van der Waals surface area contributed by atoms with Crippen LogP contribution < -0.4 is 15.3 Å². The zero-order valence-corrected chi connectivity index (χ0v) is 20.0. The third-order valence-corrected chi connectivity index (χ3v) is 7.36. The Balaban J connectivity index is 1.67. The molecule has 3 aromatic carbocycles. The summed E-state index contributed by atoms with van der Waals surface area (Å²) < 4.78 is 6.42. The predicted molar refractivity (Wildman–Crippen MR) is 140 cm³/mol. The Morgan fingerprint density at radius 2 is 1.72 bits per heavy atom. The Morgan fingerprint density at radius 3 is 2.47 bits per heavy atom. The molecule has 2 atom stereocenters. The van der Waals surface area contributed by atoms with Gasteiger partial charge in [-0.15, -0.1) is 0 Å². The normalized spacial score (nSPS) is 16.1. The van der Waals surface area contributed by atoms with Crippen molar-refractivity contribution in [2.75, 3.05) is 13.7 Å². The minimum Gasteiger partial charge on any atom is -0.492 e. The molecule has 3 heteroatoms. The molecule has 0 saturated carbocycles. The molecule has 0 spiro atoms. The van der Waals surface area contributed by atoms with E-state index in [9.17, 15) is 0 Å². The van der Waals surface area contributed by atoms with E-state index in [1.54, 1.807) is 0 Å². The molecular weight excluding hydrogens is 409 g/mol. The molecule has 3 aromatic rings. The van der Waals surface area contributed by atoms with E-state index in [0.29, 0.717) is 21.1 Å². The highest BCUT2D eigenvalue weighted by Crippen LogP contribution is 2.27. The van der Waals surface area contributed by atoms with E-state index < -0.39 is 0 Å². The number of aryl methyl sites for hydroxylation is 2. The van der Waals surface area contributed by atoms with Crippen molar-refractivity contribution in [2.24, 2.45) is 10.9 Å². The number of rotatable bonds is 7. The van der Waals surface area contributed by atoms with Crippen LogP contribution in [-0.2, 0) is 0 Å². The summed E-state index contributed by atoms with van der Waals surface area (Å²) in [6.07, 6.45) is 9.71. The highest BCUT2D eigenvalue weighted by molar-refractivity contribution is 7.56. The van der Waals surface area contributed by atoms with Crippen LogP contribution in [0.4, 0.5) is 0 Å². The molecule has 0 N–H and O–H groups in total. The van der Waals surface area contributed by atoms with Gasteiger partial charge >= 0.3 is 0 Å². The van der Waals surface area contributed by atoms with Gasteiger partial charge in [0, 0.05) is 29.4 Å². The van der Waals surface area contributed by atoms with E-state index in [0.717, 1.165) is 23.4 Å². The van der Waals surface area contributed by atoms with Crippen LogP contribution in [-0.4, -0.2) is 19.4 Å². The lowest BCUT2D eigenvalue weighted by Crippen LogP contribution is -2.20. The standard InChI is InChI=1S/C29H30NOP/c1-21-12-11-19-26(28(21)31-20-23-14-6-4-7-15-23)32-29-22(2)13-10-18-25(29)27(30-3)24-16-8-5-9-17-24/h4-14,16-19,23,32H,15,20H2,1-3H3/b30-27+. The largest absolute Gasteiger partial charge is 0.492 e. The summed E-state index contributed by atoms with van der Waals surface area (Å²) in [5, 5.41) is 2.58. The number of para-hydroxylation sites is 1. The number of ether oxygens (including phenoxy) is 1. The van der Waals surface area contributed by atoms with Crippen LogP contribution >= 0.6 is 8.58 Å². The first-order chi connectivity index (χ1) is 15.7. The smallest absolute Gasteiger partial charge is 0.129 e. The van der Waals surface area contributed by atoms with Gasteiger partial charge in [-0.25, -0.2) is 0 Å². The SMILES string of the molecule is C/N=C(\c1ccccc1)c1cccc(C)c1Pc1cccc(C)c1OCC1C=CC=CC1. The highest BCUT2D eigenvalue weighted by Gasteiger charge is 2.17. The van der Waals surface area contributed by atoms with Gasteiger partial charge in [0.1, 0.15) is 5.75 Å². The lowest BCUT2D eigenvalue weighted by molar-refractivity contribution is 0.276. The van der Waals surface area contributed by atoms with Crippen molar-refractivity contribution in [3.8, 4) is 5.75 Å². The molecule has 162 valence electrons. The Morgan fingerprint density at radius 1 is 0.938 bits per heavy atom. The van der Waals surface area contributed by atoms with Crippen molar-refractivity contribution in [3.05, 3.63) is 113 Å². The van der Waals surface area contributed by atoms with E-state index in [1.165, 1.54) is 27.3 Å². The van der Waals surface area contributed by atoms with E-state index >= 15 is 0 Å². The number of nitrogens with zero attached hydrogens (tertiary/aromatic N) is 1. The first-order valence-corrected chi connectivity index (χ1v) is 12.1. The topological polar surface area (TPSA) is 21.6 Å². The maximum absolute atomic E-state index is 6.42. The lowest BCUT2D eigenvalue weighted by atomic mass is 10.0. The van der Waals surface area contributed by atoms with E-state index in [4.69, 9.17) is 4.74 Å². The second-order valence-corrected chi connectivity index (χ2v) is 9.42. The number of allylic oxidation sites excluding steroid dienone is 3. The first-order valence-electron chi connectivity index (χ1n) is 11.1. The molecular formula is C29H30NOP. The summed E-state index contributed by atoms with van der Waals surface area (Å²) >= 11 is 0. The zero-order chi connectivity index (χ0) is 22.3. The van der Waals surface area contributed by atoms with Crippen LogP contribution in [0.1, 0.15) is 28.7 Å². The first kappa shape index (κ1) is 22.2. The number of hydrogen-bond acceptors (Lipinski definition) is 2. The van der Waals surface area contributed by atoms with Crippen LogP contribution in [0.2, 0.25) is 0 Å². The molecule has 32 heavy (non-hydrogen) atoms. The van der Waals surface area contributed by atoms with E-state index in [2.05, 4.69) is 104 Å². The second-order valence-electron chi connectivity index (χ2n) is 8.13. The molecule has 0 radical (unpaired) electrons. The average Bonchev–Trinajstić information content (AvgIpc) is 2.82. The van der Waals surface area contributed by atoms with Crippen molar-refractivity contribution in [1.82, 2.24) is 0 Å². The van der Waals surface area contributed by atoms with Crippen LogP contribution in [0.3, 0.4) is 0 Å². The van der Waals surface area contributed by atoms with Gasteiger partial charge in [0.15, 0.2) is 0 Å². The zero-order valence-electron chi connectivity index (χ0n) is 19.0. The van der Waals surface area contributed by atoms with Crippen molar-refractivity contribution in [3.63, 3.8) is 0 Å². The minimum absolute atomic E-state index is 0.432. The van der Waals surface area contributed by atoms with Crippen molar-refractivity contribution in [1.29, 1.82) is 0 Å². The second kappa shape index (κ2) is 10.6. The van der Waals surface area contributed by atoms with E-state index in [1.807, 2.05) is 13.1 Å². The molecule has 0 amide bonds. The highest BCUT2D eigenvalue weighted by atomic mass is 31.1. The van der Waals surface area contributed by atoms with Crippen molar-refractivity contribution >= 4 is 24.9 Å². The third kappa shape index (κ3) is 5.09. The molecule has 2 unspecified atom stereocenters. The van der Waals surface area contributed by atoms with Crippen molar-refractivity contribution < 1.29 is 4.74 Å². The number of hydrogen-bond donors (Lipinski definition) is 0. The molecule has 0 aliphatic heterocycles. The maximum atomic E-state index is 6.42. The van der Waals surface area contributed by atoms with Crippen LogP contribution in [0, 0.1) is 19.8 Å². The van der Waals surface area contributed by atoms with E-state index in [-0.39, 0.29) is 0 Å². The molecule has 0 heterocycles. The average molecular weight is 440 g/mol. The van der Waals surface area contributed by atoms with Crippen LogP contribution in [0.5, 0.6) is 5.75 Å². The van der Waals surface area contributed by atoms with Gasteiger partial charge in [-0.3, -0.25) is 4.99 Å². The van der Waals surface area contributed by atoms with Crippen LogP contribution in [0.15, 0.2) is 96.0 Å². The number of aliphatic imine (C=N–C) groups is 1. The Kier molecular flexibility index (Phi) is 7.35. The summed E-state index contributed by atoms with van der Waals surface area (Å²) in [7, 11) is 2.37. The Labute approximate surface area is 193 Å². The molecule has 1 aliphatic rings. The summed E-state index contributed by atoms with van der Waals surface area (Å²) in [5.74, 6) is 1.46. The molecule has 0 saturated heterocycles. The van der Waals surface area contributed by atoms with Crippen LogP contribution in [0.25, 0.3) is 0 Å². The fourth-order valence-electron chi connectivity index (χ4n) is 4.05. The Hall–Kier alpha value is -2.96. The maximum Gasteiger partial charge on any atom is 0.129 e. The van der Waals surface area contributed by atoms with Gasteiger partial charge in [-0.1, -0.05) is 99.6 Å². The van der Waals surface area contributed by atoms with Gasteiger partial charge < -0.3 is 4.74 Å². The number of benzene rings is 3. The van der Waals surface area contributed by atoms with Gasteiger partial charge in [0.2, 0.25) is 0 Å². The summed E-state index contributed by atoms with van der Waals surface area (Å²) in [6, 6.07) is 23.4. The third-order valence-electron chi connectivity index (χ3n) is 5.78. The molecule has 4 rings (SSSR count). The summed E-state index contributed by atoms with van der Waals surface area (Å²) in [5.41, 5.74) is 5.85. The Bertz CT molecular complexity index is 1160. The summed E-state index contributed by atoms with van der Waals surface area (Å²) in [6.45, 7) is 5.04. The molecule has 1 aliphatic carbocycles. The van der Waals surface area contributed by atoms with Gasteiger partial charge in [0.05, 0.1) is 12.3 Å². The van der Waals surface area contributed by atoms with Gasteiger partial charge in [0.25, 0.3) is 0 Å². The molecule has 2 nitrogen and oxygen atoms in total. The fourth-order valence-corrected chi connectivity index (χ4v) is 5.50. The lowest BCUT2D eigenvalue weighted by Gasteiger charge is -2.20. The predicted octanol–water partition coefficient (Wildman–Crippen LogP) is 5.91. The monoisotopic (exact) mass is 439 g/mol. The van der Waals surface area contributed by atoms with Gasteiger partial charge in [-0.2, -0.15) is 0 Å². The molecule has 0 bridgehead atoms. The molecule has 0 fully saturated rings. The molecule has 0 aromatic heterocycles. The quantitative estimate of drug-likeness (QED) is 0.331. The minimum atomic E-state index is 0.432. The van der Waals surface area contributed by atoms with Crippen molar-refractivity contribution in [2.45, 2.75) is 20.3 Å². The summed E-state index contributed by atoms with van der Waals surface area (Å²) in [4.78, 5) is 4.69.